The molecule has 0 spiro atoms. The minimum atomic E-state index is -0.221. The fourth-order valence-electron chi connectivity index (χ4n) is 2.67. The molecular weight excluding hydrogens is 402 g/mol. The first-order valence-electron chi connectivity index (χ1n) is 9.87. The molecule has 0 atom stereocenters. The number of carbonyl (C=O) groups is 1. The summed E-state index contributed by atoms with van der Waals surface area (Å²) >= 11 is 5.46. The Kier molecular flexibility index (Phi) is 10.2. The summed E-state index contributed by atoms with van der Waals surface area (Å²) in [5.74, 6) is 3.59. The van der Waals surface area contributed by atoms with E-state index in [2.05, 4.69) is 61.1 Å². The summed E-state index contributed by atoms with van der Waals surface area (Å²) in [6.07, 6.45) is 8.45. The summed E-state index contributed by atoms with van der Waals surface area (Å²) in [7, 11) is 1.95. The molecule has 1 aromatic carbocycles. The highest BCUT2D eigenvalue weighted by Gasteiger charge is 2.10. The van der Waals surface area contributed by atoms with Crippen molar-refractivity contribution in [2.75, 3.05) is 54.6 Å². The van der Waals surface area contributed by atoms with Crippen LogP contribution in [0.4, 0.5) is 17.8 Å². The largest absolute Gasteiger partial charge is 0.353 e. The van der Waals surface area contributed by atoms with Crippen LogP contribution in [0.1, 0.15) is 18.4 Å². The van der Waals surface area contributed by atoms with Gasteiger partial charge in [-0.2, -0.15) is 15.0 Å². The van der Waals surface area contributed by atoms with Gasteiger partial charge in [-0.3, -0.25) is 4.79 Å². The lowest BCUT2D eigenvalue weighted by molar-refractivity contribution is -0.118. The van der Waals surface area contributed by atoms with Crippen molar-refractivity contribution in [2.45, 2.75) is 19.3 Å². The topological polar surface area (TPSA) is 95.1 Å². The molecule has 1 heterocycles. The maximum absolute atomic E-state index is 11.2. The number of unbranched alkanes of at least 4 members (excludes halogenated alkanes) is 1. The van der Waals surface area contributed by atoms with Crippen LogP contribution in [0, 0.1) is 12.3 Å². The average molecular weight is 430 g/mol. The highest BCUT2D eigenvalue weighted by molar-refractivity contribution is 6.27. The van der Waals surface area contributed by atoms with Gasteiger partial charge in [-0.15, -0.1) is 18.0 Å². The molecule has 9 heteroatoms. The van der Waals surface area contributed by atoms with Gasteiger partial charge in [0.05, 0.1) is 6.54 Å². The van der Waals surface area contributed by atoms with E-state index in [4.69, 9.17) is 18.0 Å². The Morgan fingerprint density at radius 1 is 1.10 bits per heavy atom. The van der Waals surface area contributed by atoms with Crippen molar-refractivity contribution in [1.29, 1.82) is 0 Å². The first kappa shape index (κ1) is 23.2. The van der Waals surface area contributed by atoms with Crippen LogP contribution in [-0.2, 0) is 11.2 Å². The minimum Gasteiger partial charge on any atom is -0.353 e. The number of nitrogens with one attached hydrogen (secondary N) is 3. The number of aromatic nitrogens is 3. The Balaban J connectivity index is 1.91. The molecule has 160 valence electrons. The fourth-order valence-corrected chi connectivity index (χ4v) is 2.76. The van der Waals surface area contributed by atoms with Crippen molar-refractivity contribution in [2.24, 2.45) is 0 Å². The van der Waals surface area contributed by atoms with E-state index in [1.54, 1.807) is 0 Å². The molecule has 1 amide bonds. The number of benzene rings is 1. The van der Waals surface area contributed by atoms with Crippen molar-refractivity contribution in [3.05, 3.63) is 35.9 Å². The quantitative estimate of drug-likeness (QED) is 0.255. The summed E-state index contributed by atoms with van der Waals surface area (Å²) < 4.78 is 0. The van der Waals surface area contributed by atoms with Crippen LogP contribution in [0.2, 0.25) is 0 Å². The van der Waals surface area contributed by atoms with Gasteiger partial charge in [0.25, 0.3) is 0 Å². The molecule has 0 aliphatic heterocycles. The second-order valence-electron chi connectivity index (χ2n) is 6.61. The smallest absolute Gasteiger partial charge is 0.234 e. The third-order valence-corrected chi connectivity index (χ3v) is 4.46. The molecule has 0 fully saturated rings. The van der Waals surface area contributed by atoms with Gasteiger partial charge >= 0.3 is 0 Å². The van der Waals surface area contributed by atoms with Crippen LogP contribution in [0.15, 0.2) is 30.3 Å². The number of aryl methyl sites for hydroxylation is 1. The Bertz CT molecular complexity index is 826. The van der Waals surface area contributed by atoms with Gasteiger partial charge in [-0.05, 0) is 24.8 Å². The second-order valence-corrected chi connectivity index (χ2v) is 6.88. The summed E-state index contributed by atoms with van der Waals surface area (Å²) in [4.78, 5) is 26.4. The zero-order valence-corrected chi connectivity index (χ0v) is 18.0. The van der Waals surface area contributed by atoms with Crippen LogP contribution in [0.25, 0.3) is 0 Å². The predicted octanol–water partition coefficient (Wildman–Crippen LogP) is 2.14. The van der Waals surface area contributed by atoms with Crippen molar-refractivity contribution in [1.82, 2.24) is 20.3 Å². The van der Waals surface area contributed by atoms with Crippen molar-refractivity contribution < 1.29 is 4.79 Å². The van der Waals surface area contributed by atoms with Gasteiger partial charge < -0.3 is 20.9 Å². The molecule has 0 radical (unpaired) electrons. The molecule has 1 aromatic heterocycles. The first-order chi connectivity index (χ1) is 14.6. The predicted molar refractivity (Wildman–Crippen MR) is 122 cm³/mol. The molecule has 0 aliphatic rings. The molecule has 0 aliphatic carbocycles. The lowest BCUT2D eigenvalue weighted by atomic mass is 10.1. The van der Waals surface area contributed by atoms with Gasteiger partial charge in [-0.1, -0.05) is 36.3 Å². The van der Waals surface area contributed by atoms with Crippen molar-refractivity contribution in [3.63, 3.8) is 0 Å². The monoisotopic (exact) mass is 429 g/mol. The second kappa shape index (κ2) is 13.2. The Hall–Kier alpha value is -3.05. The molecule has 8 nitrogen and oxygen atoms in total. The van der Waals surface area contributed by atoms with Gasteiger partial charge in [0.15, 0.2) is 0 Å². The number of carbonyl (C=O) groups excluding carboxylic acids is 1. The molecule has 0 saturated heterocycles. The third kappa shape index (κ3) is 8.53. The Morgan fingerprint density at radius 3 is 2.53 bits per heavy atom. The number of terminal acetylenes is 1. The normalized spacial score (nSPS) is 10.2. The number of rotatable bonds is 13. The van der Waals surface area contributed by atoms with Crippen LogP contribution >= 0.6 is 11.6 Å². The first-order valence-corrected chi connectivity index (χ1v) is 10.4. The zero-order chi connectivity index (χ0) is 21.6. The third-order valence-electron chi connectivity index (χ3n) is 4.22. The standard InChI is InChI=1S/C21H28ClN7O/c1-3-12-24-19-26-20(25-14-13-23-18(30)16-22)28-21(27-19)29(2)15-8-7-11-17-9-5-4-6-10-17/h1,4-6,9-10H,7-8,11-16H2,2H3,(H,23,30)(H2,24,25,26,27,28). The Labute approximate surface area is 182 Å². The highest BCUT2D eigenvalue weighted by Crippen LogP contribution is 2.13. The van der Waals surface area contributed by atoms with E-state index in [1.165, 1.54) is 5.56 Å². The number of anilines is 3. The summed E-state index contributed by atoms with van der Waals surface area (Å²) in [6, 6.07) is 10.4. The van der Waals surface area contributed by atoms with E-state index in [0.29, 0.717) is 37.5 Å². The van der Waals surface area contributed by atoms with E-state index >= 15 is 0 Å². The number of hydrogen-bond acceptors (Lipinski definition) is 7. The van der Waals surface area contributed by atoms with E-state index in [0.717, 1.165) is 25.8 Å². The lowest BCUT2D eigenvalue weighted by Crippen LogP contribution is -2.30. The molecule has 2 aromatic rings. The Morgan fingerprint density at radius 2 is 1.83 bits per heavy atom. The maximum Gasteiger partial charge on any atom is 0.234 e. The molecule has 3 N–H and O–H groups in total. The number of nitrogens with zero attached hydrogens (tertiary/aromatic N) is 4. The minimum absolute atomic E-state index is 0.0644. The molecule has 0 unspecified atom stereocenters. The molecule has 2 rings (SSSR count). The SMILES string of the molecule is C#CCNc1nc(NCCNC(=O)CCl)nc(N(C)CCCCc2ccccc2)n1. The van der Waals surface area contributed by atoms with Crippen molar-refractivity contribution >= 4 is 35.4 Å². The molecule has 30 heavy (non-hydrogen) atoms. The van der Waals surface area contributed by atoms with E-state index < -0.39 is 0 Å². The van der Waals surface area contributed by atoms with Crippen LogP contribution in [0.3, 0.4) is 0 Å². The van der Waals surface area contributed by atoms with Gasteiger partial charge in [0.1, 0.15) is 5.88 Å². The van der Waals surface area contributed by atoms with Gasteiger partial charge in [0.2, 0.25) is 23.8 Å². The summed E-state index contributed by atoms with van der Waals surface area (Å²) in [5, 5.41) is 8.75. The number of halogens is 1. The zero-order valence-electron chi connectivity index (χ0n) is 17.2. The fraction of sp³-hybridized carbons (Fsp3) is 0.429. The number of hydrogen-bond donors (Lipinski definition) is 3. The van der Waals surface area contributed by atoms with E-state index in [9.17, 15) is 4.79 Å². The molecule has 0 saturated carbocycles. The average Bonchev–Trinajstić information content (AvgIpc) is 2.78. The molecular formula is C21H28ClN7O. The van der Waals surface area contributed by atoms with Gasteiger partial charge in [-0.25, -0.2) is 0 Å². The van der Waals surface area contributed by atoms with Crippen molar-refractivity contribution in [3.8, 4) is 12.3 Å². The van der Waals surface area contributed by atoms with Crippen LogP contribution < -0.4 is 20.9 Å². The van der Waals surface area contributed by atoms with E-state index in [-0.39, 0.29) is 11.8 Å². The van der Waals surface area contributed by atoms with Crippen LogP contribution in [-0.4, -0.2) is 60.0 Å². The summed E-state index contributed by atoms with van der Waals surface area (Å²) in [6.45, 7) is 2.00. The maximum atomic E-state index is 11.2. The van der Waals surface area contributed by atoms with Gasteiger partial charge in [0, 0.05) is 26.7 Å². The number of alkyl halides is 1. The lowest BCUT2D eigenvalue weighted by Gasteiger charge is -2.18. The number of amides is 1. The molecule has 0 bridgehead atoms. The van der Waals surface area contributed by atoms with Crippen LogP contribution in [0.5, 0.6) is 0 Å². The van der Waals surface area contributed by atoms with E-state index in [1.807, 2.05) is 18.0 Å². The summed E-state index contributed by atoms with van der Waals surface area (Å²) in [5.41, 5.74) is 1.34. The highest BCUT2D eigenvalue weighted by atomic mass is 35.5.